The predicted molar refractivity (Wildman–Crippen MR) is 85.9 cm³/mol. The van der Waals surface area contributed by atoms with Gasteiger partial charge in [-0.3, -0.25) is 10.1 Å². The monoisotopic (exact) mass is 359 g/mol. The molecule has 5 atom stereocenters. The lowest BCUT2D eigenvalue weighted by molar-refractivity contribution is -0.148. The smallest absolute Gasteiger partial charge is 0.417 e. The van der Waals surface area contributed by atoms with Gasteiger partial charge in [0.25, 0.3) is 12.2 Å². The van der Waals surface area contributed by atoms with E-state index in [1.807, 2.05) is 6.92 Å². The third-order valence-corrected chi connectivity index (χ3v) is 5.29. The van der Waals surface area contributed by atoms with E-state index in [2.05, 4.69) is 5.32 Å². The first kappa shape index (κ1) is 16.6. The lowest BCUT2D eigenvalue weighted by Gasteiger charge is -2.35. The number of amides is 2. The lowest BCUT2D eigenvalue weighted by atomic mass is 9.82. The number of alkyl carbamates (subject to hydrolysis) is 1. The summed E-state index contributed by atoms with van der Waals surface area (Å²) < 4.78 is 16.3. The van der Waals surface area contributed by atoms with Crippen LogP contribution < -0.4 is 5.32 Å². The van der Waals surface area contributed by atoms with Crippen molar-refractivity contribution in [2.45, 2.75) is 31.3 Å². The van der Waals surface area contributed by atoms with Gasteiger partial charge in [-0.15, -0.1) is 0 Å². The maximum absolute atomic E-state index is 12.1. The van der Waals surface area contributed by atoms with Crippen molar-refractivity contribution >= 4 is 18.0 Å². The molecule has 0 spiro atoms. The van der Waals surface area contributed by atoms with Gasteiger partial charge in [0.1, 0.15) is 5.60 Å². The first-order valence-electron chi connectivity index (χ1n) is 8.24. The Morgan fingerprint density at radius 1 is 1.27 bits per heavy atom. The van der Waals surface area contributed by atoms with Crippen LogP contribution >= 0.6 is 0 Å². The van der Waals surface area contributed by atoms with Crippen LogP contribution in [0.2, 0.25) is 0 Å². The third-order valence-electron chi connectivity index (χ3n) is 5.29. The number of imide groups is 1. The first-order valence-corrected chi connectivity index (χ1v) is 8.24. The number of epoxide rings is 1. The van der Waals surface area contributed by atoms with Gasteiger partial charge in [0.05, 0.1) is 23.9 Å². The molecular formula is C18H17NO7. The Hall–Kier alpha value is -2.87. The molecule has 2 amide bonds. The van der Waals surface area contributed by atoms with Crippen LogP contribution in [0.4, 0.5) is 4.79 Å². The summed E-state index contributed by atoms with van der Waals surface area (Å²) in [5.41, 5.74) is -0.125. The van der Waals surface area contributed by atoms with E-state index in [1.165, 1.54) is 0 Å². The van der Waals surface area contributed by atoms with Gasteiger partial charge in [-0.1, -0.05) is 18.2 Å². The lowest BCUT2D eigenvalue weighted by Crippen LogP contribution is -2.45. The fraction of sp³-hybridized carbons (Fsp3) is 0.389. The molecule has 2 heterocycles. The molecule has 8 nitrogen and oxygen atoms in total. The summed E-state index contributed by atoms with van der Waals surface area (Å²) in [4.78, 5) is 35.5. The summed E-state index contributed by atoms with van der Waals surface area (Å²) in [5.74, 6) is -2.43. The molecule has 4 rings (SSSR count). The van der Waals surface area contributed by atoms with Gasteiger partial charge < -0.3 is 19.3 Å². The summed E-state index contributed by atoms with van der Waals surface area (Å²) in [6.45, 7) is 1.85. The number of hydrogen-bond donors (Lipinski definition) is 2. The van der Waals surface area contributed by atoms with Crippen molar-refractivity contribution in [2.75, 3.05) is 0 Å². The number of fused-ring (bicyclic) bond motifs is 3. The molecule has 0 bridgehead atoms. The van der Waals surface area contributed by atoms with Crippen LogP contribution in [0.5, 0.6) is 0 Å². The maximum Gasteiger partial charge on any atom is 0.417 e. The molecule has 0 aromatic heterocycles. The number of carbonyl (C=O) groups is 3. The van der Waals surface area contributed by atoms with E-state index in [1.54, 1.807) is 30.3 Å². The summed E-state index contributed by atoms with van der Waals surface area (Å²) in [6.07, 6.45) is -0.407. The Kier molecular flexibility index (Phi) is 3.73. The topological polar surface area (TPSA) is 114 Å². The molecule has 1 saturated carbocycles. The van der Waals surface area contributed by atoms with Gasteiger partial charge in [0.2, 0.25) is 0 Å². The van der Waals surface area contributed by atoms with Gasteiger partial charge in [0.15, 0.2) is 0 Å². The van der Waals surface area contributed by atoms with E-state index in [9.17, 15) is 19.5 Å². The Bertz CT molecular complexity index is 805. The van der Waals surface area contributed by atoms with E-state index in [0.29, 0.717) is 12.0 Å². The summed E-state index contributed by atoms with van der Waals surface area (Å²) in [7, 11) is 0. The third kappa shape index (κ3) is 2.62. The average molecular weight is 359 g/mol. The zero-order valence-electron chi connectivity index (χ0n) is 13.9. The molecule has 136 valence electrons. The molecule has 1 aromatic carbocycles. The second-order valence-corrected chi connectivity index (χ2v) is 6.77. The van der Waals surface area contributed by atoms with Crippen LogP contribution in [0.25, 0.3) is 0 Å². The normalized spacial score (nSPS) is 33.8. The Morgan fingerprint density at radius 3 is 2.69 bits per heavy atom. The van der Waals surface area contributed by atoms with Crippen molar-refractivity contribution in [3.8, 4) is 0 Å². The van der Waals surface area contributed by atoms with E-state index in [-0.39, 0.29) is 17.6 Å². The molecule has 8 heteroatoms. The highest BCUT2D eigenvalue weighted by Crippen LogP contribution is 2.60. The second kappa shape index (κ2) is 5.84. The van der Waals surface area contributed by atoms with Gasteiger partial charge in [-0.2, -0.15) is 0 Å². The highest BCUT2D eigenvalue weighted by atomic mass is 16.7. The molecule has 1 aliphatic carbocycles. The Labute approximate surface area is 148 Å². The van der Waals surface area contributed by atoms with Gasteiger partial charge in [-0.25, -0.2) is 9.59 Å². The summed E-state index contributed by atoms with van der Waals surface area (Å²) >= 11 is 0. The number of ether oxygens (including phenoxy) is 3. The fourth-order valence-corrected chi connectivity index (χ4v) is 3.92. The largest absolute Gasteiger partial charge is 0.478 e. The minimum absolute atomic E-state index is 0.0814. The zero-order valence-corrected chi connectivity index (χ0v) is 13.9. The minimum atomic E-state index is -1.06. The molecule has 1 aromatic rings. The highest BCUT2D eigenvalue weighted by molar-refractivity contribution is 6.02. The Morgan fingerprint density at radius 2 is 2.00 bits per heavy atom. The van der Waals surface area contributed by atoms with Crippen LogP contribution in [-0.4, -0.2) is 41.1 Å². The highest BCUT2D eigenvalue weighted by Gasteiger charge is 2.71. The van der Waals surface area contributed by atoms with Crippen molar-refractivity contribution < 1.29 is 33.7 Å². The molecule has 0 unspecified atom stereocenters. The maximum atomic E-state index is 12.1. The number of nitrogens with one attached hydrogen (secondary N) is 1. The molecule has 0 radical (unpaired) electrons. The molecule has 2 N–H and O–H groups in total. The van der Waals surface area contributed by atoms with E-state index >= 15 is 0 Å². The number of carboxylic acids is 1. The molecule has 1 saturated heterocycles. The van der Waals surface area contributed by atoms with Crippen molar-refractivity contribution in [2.24, 2.45) is 11.8 Å². The SMILES string of the molecule is C[C@]12O[C@H]1C[C@@H]1C(C(=O)O)=CO[C@@H](OC(=O)NC(=O)c3ccccc3)[C@H]12. The van der Waals surface area contributed by atoms with E-state index in [0.717, 1.165) is 6.26 Å². The molecule has 26 heavy (non-hydrogen) atoms. The molecular weight excluding hydrogens is 342 g/mol. The fourth-order valence-electron chi connectivity index (χ4n) is 3.92. The first-order chi connectivity index (χ1) is 12.4. The van der Waals surface area contributed by atoms with Crippen molar-refractivity contribution in [1.29, 1.82) is 0 Å². The number of carbonyl (C=O) groups excluding carboxylic acids is 2. The zero-order chi connectivity index (χ0) is 18.5. The number of carboxylic acid groups (broad SMARTS) is 1. The van der Waals surface area contributed by atoms with Crippen LogP contribution in [0.3, 0.4) is 0 Å². The van der Waals surface area contributed by atoms with Gasteiger partial charge in [-0.05, 0) is 25.5 Å². The van der Waals surface area contributed by atoms with Crippen molar-refractivity contribution in [3.63, 3.8) is 0 Å². The van der Waals surface area contributed by atoms with Gasteiger partial charge in [0, 0.05) is 11.5 Å². The number of benzene rings is 1. The second-order valence-electron chi connectivity index (χ2n) is 6.77. The number of rotatable bonds is 3. The quantitative estimate of drug-likeness (QED) is 0.789. The van der Waals surface area contributed by atoms with Gasteiger partial charge >= 0.3 is 12.1 Å². The molecule has 2 fully saturated rings. The van der Waals surface area contributed by atoms with Crippen LogP contribution in [-0.2, 0) is 19.0 Å². The number of hydrogen-bond acceptors (Lipinski definition) is 6. The minimum Gasteiger partial charge on any atom is -0.478 e. The predicted octanol–water partition coefficient (Wildman–Crippen LogP) is 1.67. The molecule has 2 aliphatic heterocycles. The average Bonchev–Trinajstić information content (AvgIpc) is 3.16. The van der Waals surface area contributed by atoms with Crippen molar-refractivity contribution in [1.82, 2.24) is 5.32 Å². The van der Waals surface area contributed by atoms with Crippen molar-refractivity contribution in [3.05, 3.63) is 47.7 Å². The van der Waals surface area contributed by atoms with Crippen LogP contribution in [0.15, 0.2) is 42.2 Å². The number of aliphatic carboxylic acids is 1. The van der Waals surface area contributed by atoms with Crippen LogP contribution in [0, 0.1) is 11.8 Å². The van der Waals surface area contributed by atoms with E-state index < -0.39 is 35.8 Å². The van der Waals surface area contributed by atoms with Crippen LogP contribution in [0.1, 0.15) is 23.7 Å². The summed E-state index contributed by atoms with van der Waals surface area (Å²) in [6, 6.07) is 8.25. The molecule has 3 aliphatic rings. The standard InChI is InChI=1S/C18H17NO7/c1-18-12(26-18)7-10-11(15(21)22)8-24-16(13(10)18)25-17(23)19-14(20)9-5-3-2-4-6-9/h2-6,8,10,12-13,16H,7H2,1H3,(H,21,22)(H,19,20,23)/t10-,12+,13+,16+,18+/m1/s1. The van der Waals surface area contributed by atoms with E-state index in [4.69, 9.17) is 14.2 Å². The Balaban J connectivity index is 1.47. The summed E-state index contributed by atoms with van der Waals surface area (Å²) in [5, 5.41) is 11.5.